The Bertz CT molecular complexity index is 4010. The second-order valence-corrected chi connectivity index (χ2v) is 17.4. The molecule has 67 heavy (non-hydrogen) atoms. The van der Waals surface area contributed by atoms with E-state index in [1.54, 1.807) is 24.8 Å². The second kappa shape index (κ2) is 14.7. The summed E-state index contributed by atoms with van der Waals surface area (Å²) < 4.78 is 2.39. The van der Waals surface area contributed by atoms with Crippen molar-refractivity contribution >= 4 is 87.0 Å². The molecule has 0 radical (unpaired) electrons. The number of aromatic nitrogens is 5. The van der Waals surface area contributed by atoms with Gasteiger partial charge < -0.3 is 4.57 Å². The molecule has 0 saturated heterocycles. The smallest absolute Gasteiger partial charge is 0.0971 e. The van der Waals surface area contributed by atoms with E-state index in [0.29, 0.717) is 0 Å². The summed E-state index contributed by atoms with van der Waals surface area (Å²) in [4.78, 5) is 19.2. The molecule has 0 bridgehead atoms. The fourth-order valence-electron chi connectivity index (χ4n) is 10.6. The zero-order valence-corrected chi connectivity index (χ0v) is 36.1. The predicted molar refractivity (Wildman–Crippen MR) is 279 cm³/mol. The monoisotopic (exact) mass is 851 g/mol. The Morgan fingerprint density at radius 1 is 0.224 bits per heavy atom. The van der Waals surface area contributed by atoms with Gasteiger partial charge in [0, 0.05) is 62.8 Å². The quantitative estimate of drug-likeness (QED) is 0.162. The van der Waals surface area contributed by atoms with Gasteiger partial charge in [0.2, 0.25) is 0 Å². The van der Waals surface area contributed by atoms with Gasteiger partial charge in [0.1, 0.15) is 0 Å². The maximum absolute atomic E-state index is 4.84. The topological polar surface area (TPSA) is 56.5 Å². The standard InChI is InChI=1S/C62H37N5/c1-2-14-46(15-3-1)67-57-26-22-44(40-12-8-10-38(32-40)42-20-24-49-47-16-4-6-18-51(47)59-61(55(49)36-42)65-30-28-63-59)34-53(57)54-35-45(23-27-58(54)67)41-13-9-11-39(33-41)43-21-25-50-48-17-5-7-19-52(48)60-62(56(50)37-43)66-31-29-64-60/h1-37H. The third-order valence-electron chi connectivity index (χ3n) is 13.7. The van der Waals surface area contributed by atoms with E-state index in [1.165, 1.54) is 54.5 Å². The van der Waals surface area contributed by atoms with E-state index in [1.807, 2.05) is 0 Å². The number of benzene rings is 11. The van der Waals surface area contributed by atoms with Crippen LogP contribution < -0.4 is 0 Å². The molecule has 0 N–H and O–H groups in total. The van der Waals surface area contributed by atoms with E-state index in [4.69, 9.17) is 19.9 Å². The van der Waals surface area contributed by atoms with Gasteiger partial charge in [0.15, 0.2) is 0 Å². The van der Waals surface area contributed by atoms with Crippen molar-refractivity contribution in [2.24, 2.45) is 0 Å². The molecule has 3 aromatic heterocycles. The first-order chi connectivity index (χ1) is 33.2. The second-order valence-electron chi connectivity index (χ2n) is 17.4. The minimum Gasteiger partial charge on any atom is -0.309 e. The Morgan fingerprint density at radius 3 is 0.985 bits per heavy atom. The largest absolute Gasteiger partial charge is 0.309 e. The lowest BCUT2D eigenvalue weighted by Crippen LogP contribution is -1.93. The highest BCUT2D eigenvalue weighted by Gasteiger charge is 2.17. The zero-order valence-electron chi connectivity index (χ0n) is 36.1. The molecule has 3 heterocycles. The fraction of sp³-hybridized carbons (Fsp3) is 0. The highest BCUT2D eigenvalue weighted by atomic mass is 15.0. The van der Waals surface area contributed by atoms with Crippen LogP contribution in [0.2, 0.25) is 0 Å². The van der Waals surface area contributed by atoms with Crippen molar-refractivity contribution in [3.63, 3.8) is 0 Å². The molecule has 5 heteroatoms. The normalized spacial score (nSPS) is 11.9. The summed E-state index contributed by atoms with van der Waals surface area (Å²) in [6.07, 6.45) is 7.15. The minimum absolute atomic E-state index is 0.923. The van der Waals surface area contributed by atoms with Crippen LogP contribution in [0.15, 0.2) is 225 Å². The molecule has 0 saturated carbocycles. The zero-order chi connectivity index (χ0) is 44.0. The van der Waals surface area contributed by atoms with Crippen molar-refractivity contribution in [2.75, 3.05) is 0 Å². The number of hydrogen-bond donors (Lipinski definition) is 0. The van der Waals surface area contributed by atoms with Crippen LogP contribution in [0.25, 0.3) is 137 Å². The van der Waals surface area contributed by atoms with Gasteiger partial charge in [0.05, 0.1) is 33.1 Å². The summed E-state index contributed by atoms with van der Waals surface area (Å²) in [5.74, 6) is 0. The van der Waals surface area contributed by atoms with Crippen molar-refractivity contribution in [1.29, 1.82) is 0 Å². The first kappa shape index (κ1) is 37.3. The van der Waals surface area contributed by atoms with Gasteiger partial charge in [-0.3, -0.25) is 19.9 Å². The molecule has 14 rings (SSSR count). The van der Waals surface area contributed by atoms with Crippen LogP contribution in [-0.2, 0) is 0 Å². The molecule has 0 unspecified atom stereocenters. The van der Waals surface area contributed by atoms with Crippen molar-refractivity contribution in [3.05, 3.63) is 225 Å². The number of fused-ring (bicyclic) bond motifs is 15. The van der Waals surface area contributed by atoms with Gasteiger partial charge in [-0.2, -0.15) is 0 Å². The molecule has 0 aliphatic heterocycles. The summed E-state index contributed by atoms with van der Waals surface area (Å²) in [6.45, 7) is 0. The fourth-order valence-corrected chi connectivity index (χ4v) is 10.6. The van der Waals surface area contributed by atoms with Gasteiger partial charge in [0.25, 0.3) is 0 Å². The highest BCUT2D eigenvalue weighted by Crippen LogP contribution is 2.41. The molecule has 5 nitrogen and oxygen atoms in total. The molecule has 0 amide bonds. The molecule has 11 aromatic carbocycles. The van der Waals surface area contributed by atoms with E-state index in [0.717, 1.165) is 82.7 Å². The third-order valence-corrected chi connectivity index (χ3v) is 13.7. The SMILES string of the molecule is c1ccc(-n2c3ccc(-c4cccc(-c5ccc6c7ccccc7c7nccnc7c6c5)c4)cc3c3cc(-c4cccc(-c5ccc6c7ccccc7c7nccnc7c6c5)c4)ccc32)cc1. The van der Waals surface area contributed by atoms with Crippen molar-refractivity contribution < 1.29 is 0 Å². The van der Waals surface area contributed by atoms with Crippen LogP contribution in [0.4, 0.5) is 0 Å². The van der Waals surface area contributed by atoms with Crippen LogP contribution in [-0.4, -0.2) is 24.5 Å². The first-order valence-corrected chi connectivity index (χ1v) is 22.7. The van der Waals surface area contributed by atoms with Gasteiger partial charge in [-0.15, -0.1) is 0 Å². The number of para-hydroxylation sites is 1. The summed E-state index contributed by atoms with van der Waals surface area (Å²) in [5, 5.41) is 11.6. The average Bonchev–Trinajstić information content (AvgIpc) is 3.74. The van der Waals surface area contributed by atoms with E-state index < -0.39 is 0 Å². The van der Waals surface area contributed by atoms with Crippen molar-refractivity contribution in [2.45, 2.75) is 0 Å². The number of hydrogen-bond acceptors (Lipinski definition) is 4. The van der Waals surface area contributed by atoms with E-state index in [2.05, 4.69) is 205 Å². The van der Waals surface area contributed by atoms with Crippen LogP contribution in [0, 0.1) is 0 Å². The first-order valence-electron chi connectivity index (χ1n) is 22.7. The lowest BCUT2D eigenvalue weighted by Gasteiger charge is -2.12. The summed E-state index contributed by atoms with van der Waals surface area (Å²) in [5.41, 5.74) is 16.4. The lowest BCUT2D eigenvalue weighted by atomic mass is 9.93. The van der Waals surface area contributed by atoms with E-state index in [-0.39, 0.29) is 0 Å². The van der Waals surface area contributed by atoms with Gasteiger partial charge in [-0.1, -0.05) is 140 Å². The number of nitrogens with zero attached hydrogens (tertiary/aromatic N) is 5. The molecule has 0 fully saturated rings. The molecule has 0 aliphatic rings. The summed E-state index contributed by atoms with van der Waals surface area (Å²) in [6, 6.07) is 72.9. The van der Waals surface area contributed by atoms with Crippen molar-refractivity contribution in [1.82, 2.24) is 24.5 Å². The third kappa shape index (κ3) is 5.88. The van der Waals surface area contributed by atoms with Crippen LogP contribution in [0.3, 0.4) is 0 Å². The Morgan fingerprint density at radius 2 is 0.552 bits per heavy atom. The number of rotatable bonds is 5. The summed E-state index contributed by atoms with van der Waals surface area (Å²) in [7, 11) is 0. The average molecular weight is 852 g/mol. The lowest BCUT2D eigenvalue weighted by molar-refractivity contribution is 1.18. The summed E-state index contributed by atoms with van der Waals surface area (Å²) >= 11 is 0. The molecule has 0 spiro atoms. The Balaban J connectivity index is 0.890. The molecule has 310 valence electrons. The molecular weight excluding hydrogens is 815 g/mol. The van der Waals surface area contributed by atoms with Gasteiger partial charge in [-0.05, 0) is 127 Å². The Kier molecular flexibility index (Phi) is 8.21. The Labute approximate surface area is 384 Å². The molecular formula is C62H37N5. The molecule has 14 aromatic rings. The maximum Gasteiger partial charge on any atom is 0.0971 e. The van der Waals surface area contributed by atoms with Gasteiger partial charge in [-0.25, -0.2) is 0 Å². The van der Waals surface area contributed by atoms with Crippen molar-refractivity contribution in [3.8, 4) is 50.2 Å². The highest BCUT2D eigenvalue weighted by molar-refractivity contribution is 6.24. The Hall–Kier alpha value is -9.06. The van der Waals surface area contributed by atoms with E-state index >= 15 is 0 Å². The maximum atomic E-state index is 4.84. The van der Waals surface area contributed by atoms with E-state index in [9.17, 15) is 0 Å². The molecule has 0 atom stereocenters. The molecule has 0 aliphatic carbocycles. The van der Waals surface area contributed by atoms with Crippen LogP contribution in [0.5, 0.6) is 0 Å². The minimum atomic E-state index is 0.923. The van der Waals surface area contributed by atoms with Crippen LogP contribution >= 0.6 is 0 Å². The van der Waals surface area contributed by atoms with Crippen LogP contribution in [0.1, 0.15) is 0 Å². The van der Waals surface area contributed by atoms with Gasteiger partial charge >= 0.3 is 0 Å². The predicted octanol–water partition coefficient (Wildman–Crippen LogP) is 16.0.